The lowest BCUT2D eigenvalue weighted by Crippen LogP contribution is -2.27. The smallest absolute Gasteiger partial charge is 0.255 e. The Hall–Kier alpha value is -3.49. The van der Waals surface area contributed by atoms with E-state index in [0.717, 1.165) is 11.3 Å². The van der Waals surface area contributed by atoms with Gasteiger partial charge >= 0.3 is 0 Å². The van der Waals surface area contributed by atoms with Crippen molar-refractivity contribution in [2.75, 3.05) is 19.0 Å². The summed E-state index contributed by atoms with van der Waals surface area (Å²) >= 11 is 0. The Morgan fingerprint density at radius 2 is 1.93 bits per heavy atom. The van der Waals surface area contributed by atoms with Gasteiger partial charge < -0.3 is 19.9 Å². The normalized spacial score (nSPS) is 11.7. The summed E-state index contributed by atoms with van der Waals surface area (Å²) in [5.41, 5.74) is 1.13. The molecule has 0 spiro atoms. The van der Waals surface area contributed by atoms with E-state index in [2.05, 4.69) is 30.7 Å². The predicted octanol–water partition coefficient (Wildman–Crippen LogP) is 2.46. The Balaban J connectivity index is 1.66. The van der Waals surface area contributed by atoms with Crippen LogP contribution in [-0.4, -0.2) is 39.7 Å². The van der Waals surface area contributed by atoms with Crippen LogP contribution in [0.1, 0.15) is 36.1 Å². The number of methoxy groups -OCH3 is 1. The highest BCUT2D eigenvalue weighted by Crippen LogP contribution is 2.21. The van der Waals surface area contributed by atoms with Crippen molar-refractivity contribution in [1.82, 2.24) is 25.4 Å². The van der Waals surface area contributed by atoms with E-state index < -0.39 is 6.04 Å². The molecule has 2 heterocycles. The molecule has 3 aromatic rings. The summed E-state index contributed by atoms with van der Waals surface area (Å²) < 4.78 is 10.4. The van der Waals surface area contributed by atoms with Crippen molar-refractivity contribution in [3.05, 3.63) is 48.1 Å². The molecule has 1 atom stereocenters. The number of anilines is 1. The predicted molar refractivity (Wildman–Crippen MR) is 98.4 cm³/mol. The zero-order chi connectivity index (χ0) is 19.2. The van der Waals surface area contributed by atoms with Crippen molar-refractivity contribution in [3.63, 3.8) is 0 Å². The van der Waals surface area contributed by atoms with Gasteiger partial charge in [-0.3, -0.25) is 4.79 Å². The maximum Gasteiger partial charge on any atom is 0.255 e. The molecule has 0 bridgehead atoms. The molecule has 0 fully saturated rings. The van der Waals surface area contributed by atoms with E-state index >= 15 is 0 Å². The molecule has 9 heteroatoms. The summed E-state index contributed by atoms with van der Waals surface area (Å²) in [6.45, 7) is 4.41. The zero-order valence-corrected chi connectivity index (χ0v) is 15.3. The maximum absolute atomic E-state index is 12.3. The van der Waals surface area contributed by atoms with E-state index in [1.165, 1.54) is 12.4 Å². The molecule has 0 unspecified atom stereocenters. The molecule has 140 valence electrons. The Labute approximate surface area is 156 Å². The lowest BCUT2D eigenvalue weighted by atomic mass is 10.2. The van der Waals surface area contributed by atoms with Crippen LogP contribution in [0, 0.1) is 0 Å². The summed E-state index contributed by atoms with van der Waals surface area (Å²) in [5.74, 6) is 1.63. The molecule has 1 amide bonds. The highest BCUT2D eigenvalue weighted by atomic mass is 16.5. The second-order valence-electron chi connectivity index (χ2n) is 5.71. The molecule has 0 aliphatic heterocycles. The third kappa shape index (κ3) is 4.38. The SMILES string of the molecule is CCNc1ncc(C(=O)N[C@@H](C)c2nc(-c3ccc(OC)cc3)no2)cn1. The van der Waals surface area contributed by atoms with Crippen LogP contribution in [0.5, 0.6) is 5.75 Å². The minimum atomic E-state index is -0.467. The van der Waals surface area contributed by atoms with Crippen LogP contribution in [0.15, 0.2) is 41.2 Å². The highest BCUT2D eigenvalue weighted by molar-refractivity contribution is 5.93. The van der Waals surface area contributed by atoms with Gasteiger partial charge in [-0.05, 0) is 38.1 Å². The lowest BCUT2D eigenvalue weighted by Gasteiger charge is -2.09. The highest BCUT2D eigenvalue weighted by Gasteiger charge is 2.18. The van der Waals surface area contributed by atoms with Crippen LogP contribution in [0.3, 0.4) is 0 Å². The van der Waals surface area contributed by atoms with Crippen molar-refractivity contribution in [3.8, 4) is 17.1 Å². The lowest BCUT2D eigenvalue weighted by molar-refractivity contribution is 0.0932. The number of benzene rings is 1. The van der Waals surface area contributed by atoms with Gasteiger partial charge in [-0.1, -0.05) is 5.16 Å². The first-order chi connectivity index (χ1) is 13.1. The Morgan fingerprint density at radius 1 is 1.22 bits per heavy atom. The van der Waals surface area contributed by atoms with Crippen molar-refractivity contribution in [1.29, 1.82) is 0 Å². The third-order valence-electron chi connectivity index (χ3n) is 3.76. The molecule has 0 saturated carbocycles. The molecule has 2 N–H and O–H groups in total. The quantitative estimate of drug-likeness (QED) is 0.653. The van der Waals surface area contributed by atoms with Gasteiger partial charge in [0.2, 0.25) is 17.7 Å². The summed E-state index contributed by atoms with van der Waals surface area (Å²) in [5, 5.41) is 9.73. The molecule has 27 heavy (non-hydrogen) atoms. The third-order valence-corrected chi connectivity index (χ3v) is 3.76. The largest absolute Gasteiger partial charge is 0.497 e. The molecular weight excluding hydrogens is 348 g/mol. The van der Waals surface area contributed by atoms with E-state index in [0.29, 0.717) is 29.8 Å². The number of aromatic nitrogens is 4. The van der Waals surface area contributed by atoms with Crippen LogP contribution in [0.2, 0.25) is 0 Å². The second kappa shape index (κ2) is 8.26. The molecule has 3 rings (SSSR count). The molecular formula is C18H20N6O3. The number of ether oxygens (including phenoxy) is 1. The average molecular weight is 368 g/mol. The van der Waals surface area contributed by atoms with Gasteiger partial charge in [0.05, 0.1) is 12.7 Å². The van der Waals surface area contributed by atoms with E-state index in [1.54, 1.807) is 14.0 Å². The number of hydrogen-bond donors (Lipinski definition) is 2. The second-order valence-corrected chi connectivity index (χ2v) is 5.71. The van der Waals surface area contributed by atoms with Crippen LogP contribution in [0.4, 0.5) is 5.95 Å². The summed E-state index contributed by atoms with van der Waals surface area (Å²) in [4.78, 5) is 24.8. The standard InChI is InChI=1S/C18H20N6O3/c1-4-19-18-20-9-13(10-21-18)16(25)22-11(2)17-23-15(24-27-17)12-5-7-14(26-3)8-6-12/h5-11H,4H2,1-3H3,(H,22,25)(H,19,20,21)/t11-/m0/s1. The van der Waals surface area contributed by atoms with Crippen LogP contribution in [0.25, 0.3) is 11.4 Å². The van der Waals surface area contributed by atoms with E-state index in [4.69, 9.17) is 9.26 Å². The maximum atomic E-state index is 12.3. The first kappa shape index (κ1) is 18.3. The molecule has 0 radical (unpaired) electrons. The van der Waals surface area contributed by atoms with E-state index in [-0.39, 0.29) is 5.91 Å². The number of nitrogens with one attached hydrogen (secondary N) is 2. The first-order valence-corrected chi connectivity index (χ1v) is 8.45. The minimum absolute atomic E-state index is 0.305. The molecule has 0 saturated heterocycles. The van der Waals surface area contributed by atoms with Gasteiger partial charge in [0.15, 0.2) is 0 Å². The number of nitrogens with zero attached hydrogens (tertiary/aromatic N) is 4. The molecule has 0 aliphatic rings. The van der Waals surface area contributed by atoms with Crippen LogP contribution in [-0.2, 0) is 0 Å². The van der Waals surface area contributed by atoms with Gasteiger partial charge in [-0.2, -0.15) is 4.98 Å². The Morgan fingerprint density at radius 3 is 2.56 bits per heavy atom. The molecule has 0 aliphatic carbocycles. The van der Waals surface area contributed by atoms with Crippen LogP contribution >= 0.6 is 0 Å². The Bertz CT molecular complexity index is 892. The molecule has 1 aromatic carbocycles. The van der Waals surface area contributed by atoms with Crippen LogP contribution < -0.4 is 15.4 Å². The van der Waals surface area contributed by atoms with Crippen molar-refractivity contribution < 1.29 is 14.1 Å². The van der Waals surface area contributed by atoms with Gasteiger partial charge in [-0.25, -0.2) is 9.97 Å². The fourth-order valence-corrected chi connectivity index (χ4v) is 2.30. The minimum Gasteiger partial charge on any atom is -0.497 e. The number of amides is 1. The summed E-state index contributed by atoms with van der Waals surface area (Å²) in [6, 6.07) is 6.83. The summed E-state index contributed by atoms with van der Waals surface area (Å²) in [6.07, 6.45) is 2.92. The zero-order valence-electron chi connectivity index (χ0n) is 15.3. The summed E-state index contributed by atoms with van der Waals surface area (Å²) in [7, 11) is 1.60. The van der Waals surface area contributed by atoms with E-state index in [9.17, 15) is 4.79 Å². The van der Waals surface area contributed by atoms with Gasteiger partial charge in [0.25, 0.3) is 5.91 Å². The monoisotopic (exact) mass is 368 g/mol. The first-order valence-electron chi connectivity index (χ1n) is 8.45. The fraction of sp³-hybridized carbons (Fsp3) is 0.278. The van der Waals surface area contributed by atoms with Crippen molar-refractivity contribution in [2.24, 2.45) is 0 Å². The topological polar surface area (TPSA) is 115 Å². The molecule has 9 nitrogen and oxygen atoms in total. The number of carbonyl (C=O) groups is 1. The van der Waals surface area contributed by atoms with E-state index in [1.807, 2.05) is 31.2 Å². The number of rotatable bonds is 7. The number of hydrogen-bond acceptors (Lipinski definition) is 8. The van der Waals surface area contributed by atoms with Crippen molar-refractivity contribution in [2.45, 2.75) is 19.9 Å². The fourth-order valence-electron chi connectivity index (χ4n) is 2.30. The molecule has 2 aromatic heterocycles. The number of carbonyl (C=O) groups excluding carboxylic acids is 1. The Kier molecular flexibility index (Phi) is 5.60. The average Bonchev–Trinajstić information content (AvgIpc) is 3.19. The van der Waals surface area contributed by atoms with Crippen molar-refractivity contribution >= 4 is 11.9 Å². The van der Waals surface area contributed by atoms with Gasteiger partial charge in [0.1, 0.15) is 11.8 Å². The van der Waals surface area contributed by atoms with Gasteiger partial charge in [0, 0.05) is 24.5 Å². The van der Waals surface area contributed by atoms with Gasteiger partial charge in [-0.15, -0.1) is 0 Å².